The molecule has 4 aromatic heterocycles. The van der Waals surface area contributed by atoms with Gasteiger partial charge in [-0.2, -0.15) is 4.98 Å². The van der Waals surface area contributed by atoms with Crippen LogP contribution in [0.2, 0.25) is 0 Å². The Kier molecular flexibility index (Phi) is 5.38. The summed E-state index contributed by atoms with van der Waals surface area (Å²) < 4.78 is 13.2. The van der Waals surface area contributed by atoms with Gasteiger partial charge in [0.1, 0.15) is 0 Å². The number of rotatable bonds is 5. The normalized spacial score (nSPS) is 12.9. The van der Waals surface area contributed by atoms with E-state index in [1.165, 1.54) is 0 Å². The van der Waals surface area contributed by atoms with Gasteiger partial charge in [-0.1, -0.05) is 6.07 Å². The summed E-state index contributed by atoms with van der Waals surface area (Å²) in [5.74, 6) is 3.19. The molecule has 0 amide bonds. The Labute approximate surface area is 201 Å². The predicted octanol–water partition coefficient (Wildman–Crippen LogP) is 3.73. The van der Waals surface area contributed by atoms with Gasteiger partial charge in [0.2, 0.25) is 5.95 Å². The summed E-state index contributed by atoms with van der Waals surface area (Å²) >= 11 is 0. The van der Waals surface area contributed by atoms with Crippen molar-refractivity contribution in [1.82, 2.24) is 34.5 Å². The van der Waals surface area contributed by atoms with Crippen LogP contribution in [-0.2, 0) is 6.54 Å². The third-order valence-electron chi connectivity index (χ3n) is 5.74. The molecule has 0 unspecified atom stereocenters. The Hall–Kier alpha value is -4.60. The third kappa shape index (κ3) is 4.21. The van der Waals surface area contributed by atoms with E-state index < -0.39 is 0 Å². The summed E-state index contributed by atoms with van der Waals surface area (Å²) in [7, 11) is 0. The summed E-state index contributed by atoms with van der Waals surface area (Å²) in [6.07, 6.45) is 7.81. The van der Waals surface area contributed by atoms with Crippen molar-refractivity contribution in [3.8, 4) is 34.1 Å². The SMILES string of the molecule is Cc1c(-c2ccnc(NCc3ccc4c(c3)OCCCO4)n2)cnc2nc(-c3ccncc3)nn12. The van der Waals surface area contributed by atoms with E-state index in [1.54, 1.807) is 29.3 Å². The molecule has 0 saturated heterocycles. The molecule has 1 aliphatic rings. The molecule has 1 aliphatic heterocycles. The summed E-state index contributed by atoms with van der Waals surface area (Å²) in [6, 6.07) is 11.5. The van der Waals surface area contributed by atoms with E-state index in [1.807, 2.05) is 43.3 Å². The second kappa shape index (κ2) is 8.98. The van der Waals surface area contributed by atoms with Crippen molar-refractivity contribution in [2.45, 2.75) is 19.9 Å². The molecule has 0 saturated carbocycles. The number of fused-ring (bicyclic) bond motifs is 2. The van der Waals surface area contributed by atoms with Crippen LogP contribution in [0.15, 0.2) is 61.2 Å². The minimum Gasteiger partial charge on any atom is -0.490 e. The Morgan fingerprint density at radius 1 is 0.943 bits per heavy atom. The molecule has 0 fully saturated rings. The smallest absolute Gasteiger partial charge is 0.252 e. The van der Waals surface area contributed by atoms with Crippen molar-refractivity contribution in [3.63, 3.8) is 0 Å². The van der Waals surface area contributed by atoms with Gasteiger partial charge in [0.25, 0.3) is 5.78 Å². The quantitative estimate of drug-likeness (QED) is 0.414. The molecule has 0 bridgehead atoms. The van der Waals surface area contributed by atoms with Gasteiger partial charge in [-0.25, -0.2) is 19.5 Å². The van der Waals surface area contributed by atoms with Gasteiger partial charge in [0, 0.05) is 48.9 Å². The molecule has 0 aliphatic carbocycles. The van der Waals surface area contributed by atoms with Gasteiger partial charge in [-0.3, -0.25) is 4.98 Å². The van der Waals surface area contributed by atoms with Crippen molar-refractivity contribution < 1.29 is 9.47 Å². The molecule has 174 valence electrons. The summed E-state index contributed by atoms with van der Waals surface area (Å²) in [5, 5.41) is 7.94. The first-order valence-corrected chi connectivity index (χ1v) is 11.3. The Morgan fingerprint density at radius 2 is 1.80 bits per heavy atom. The number of hydrogen-bond donors (Lipinski definition) is 1. The van der Waals surface area contributed by atoms with Crippen molar-refractivity contribution >= 4 is 11.7 Å². The number of aromatic nitrogens is 7. The van der Waals surface area contributed by atoms with Crippen molar-refractivity contribution in [2.24, 2.45) is 0 Å². The number of pyridine rings is 1. The standard InChI is InChI=1S/C25H22N8O2/c1-16-19(15-29-25-31-23(32-33(16)25)18-5-8-26-9-6-18)20-7-10-27-24(30-20)28-14-17-3-4-21-22(13-17)35-12-2-11-34-21/h3-10,13,15H,2,11-12,14H2,1H3,(H,27,28,30). The van der Waals surface area contributed by atoms with E-state index in [4.69, 9.17) is 14.5 Å². The fourth-order valence-corrected chi connectivity index (χ4v) is 3.91. The zero-order chi connectivity index (χ0) is 23.6. The number of aryl methyl sites for hydroxylation is 1. The zero-order valence-corrected chi connectivity index (χ0v) is 19.0. The molecule has 5 aromatic rings. The maximum absolute atomic E-state index is 5.79. The van der Waals surface area contributed by atoms with E-state index in [0.717, 1.165) is 46.0 Å². The van der Waals surface area contributed by atoms with Gasteiger partial charge in [0.05, 0.1) is 24.6 Å². The third-order valence-corrected chi connectivity index (χ3v) is 5.74. The molecule has 0 atom stereocenters. The summed E-state index contributed by atoms with van der Waals surface area (Å²) in [6.45, 7) is 3.85. The van der Waals surface area contributed by atoms with Crippen LogP contribution in [0.4, 0.5) is 5.95 Å². The maximum atomic E-state index is 5.79. The van der Waals surface area contributed by atoms with Crippen LogP contribution in [0.5, 0.6) is 11.5 Å². The number of benzene rings is 1. The second-order valence-electron chi connectivity index (χ2n) is 8.09. The van der Waals surface area contributed by atoms with Crippen LogP contribution in [0.25, 0.3) is 28.4 Å². The van der Waals surface area contributed by atoms with E-state index in [-0.39, 0.29) is 0 Å². The topological polar surface area (TPSA) is 112 Å². The number of ether oxygens (including phenoxy) is 2. The minimum absolute atomic E-state index is 0.519. The van der Waals surface area contributed by atoms with E-state index in [2.05, 4.69) is 30.4 Å². The molecule has 10 nitrogen and oxygen atoms in total. The fourth-order valence-electron chi connectivity index (χ4n) is 3.91. The van der Waals surface area contributed by atoms with Crippen molar-refractivity contribution in [3.05, 3.63) is 72.4 Å². The average Bonchev–Trinajstić information content (AvgIpc) is 3.21. The number of anilines is 1. The van der Waals surface area contributed by atoms with Crippen LogP contribution in [-0.4, -0.2) is 47.7 Å². The number of nitrogens with zero attached hydrogens (tertiary/aromatic N) is 7. The van der Waals surface area contributed by atoms with E-state index in [9.17, 15) is 0 Å². The van der Waals surface area contributed by atoms with Gasteiger partial charge < -0.3 is 14.8 Å². The molecule has 0 spiro atoms. The van der Waals surface area contributed by atoms with Crippen molar-refractivity contribution in [1.29, 1.82) is 0 Å². The first-order chi connectivity index (χ1) is 17.2. The fraction of sp³-hybridized carbons (Fsp3) is 0.200. The van der Waals surface area contributed by atoms with Gasteiger partial charge in [-0.15, -0.1) is 5.10 Å². The predicted molar refractivity (Wildman–Crippen MR) is 129 cm³/mol. The zero-order valence-electron chi connectivity index (χ0n) is 19.0. The first-order valence-electron chi connectivity index (χ1n) is 11.3. The largest absolute Gasteiger partial charge is 0.490 e. The monoisotopic (exact) mass is 466 g/mol. The second-order valence-corrected chi connectivity index (χ2v) is 8.09. The van der Waals surface area contributed by atoms with Crippen LogP contribution in [0.1, 0.15) is 17.7 Å². The molecule has 1 aromatic carbocycles. The Balaban J connectivity index is 1.24. The van der Waals surface area contributed by atoms with Gasteiger partial charge in [0.15, 0.2) is 17.3 Å². The van der Waals surface area contributed by atoms with E-state index in [0.29, 0.717) is 37.3 Å². The van der Waals surface area contributed by atoms with Gasteiger partial charge in [-0.05, 0) is 42.8 Å². The molecule has 35 heavy (non-hydrogen) atoms. The lowest BCUT2D eigenvalue weighted by atomic mass is 10.2. The maximum Gasteiger partial charge on any atom is 0.252 e. The van der Waals surface area contributed by atoms with Crippen LogP contribution in [0.3, 0.4) is 0 Å². The van der Waals surface area contributed by atoms with Crippen LogP contribution in [0, 0.1) is 6.92 Å². The first kappa shape index (κ1) is 21.0. The molecular formula is C25H22N8O2. The molecule has 10 heteroatoms. The molecule has 1 N–H and O–H groups in total. The molecule has 6 rings (SSSR count). The highest BCUT2D eigenvalue weighted by Crippen LogP contribution is 2.30. The number of nitrogens with one attached hydrogen (secondary N) is 1. The number of hydrogen-bond acceptors (Lipinski definition) is 9. The Morgan fingerprint density at radius 3 is 2.69 bits per heavy atom. The highest BCUT2D eigenvalue weighted by atomic mass is 16.5. The van der Waals surface area contributed by atoms with Crippen LogP contribution < -0.4 is 14.8 Å². The van der Waals surface area contributed by atoms with Crippen LogP contribution >= 0.6 is 0 Å². The minimum atomic E-state index is 0.519. The van der Waals surface area contributed by atoms with E-state index >= 15 is 0 Å². The lowest BCUT2D eigenvalue weighted by molar-refractivity contribution is 0.297. The van der Waals surface area contributed by atoms with Crippen molar-refractivity contribution in [2.75, 3.05) is 18.5 Å². The Bertz CT molecular complexity index is 1500. The summed E-state index contributed by atoms with van der Waals surface area (Å²) in [4.78, 5) is 22.2. The van der Waals surface area contributed by atoms with Gasteiger partial charge >= 0.3 is 0 Å². The molecule has 0 radical (unpaired) electrons. The lowest BCUT2D eigenvalue weighted by Gasteiger charge is -2.11. The summed E-state index contributed by atoms with van der Waals surface area (Å²) in [5.41, 5.74) is 4.41. The molecular weight excluding hydrogens is 444 g/mol. The average molecular weight is 467 g/mol. The highest BCUT2D eigenvalue weighted by Gasteiger charge is 2.15. The lowest BCUT2D eigenvalue weighted by Crippen LogP contribution is -2.05. The molecule has 5 heterocycles. The highest BCUT2D eigenvalue weighted by molar-refractivity contribution is 5.64.